The van der Waals surface area contributed by atoms with E-state index in [1.54, 1.807) is 7.11 Å². The summed E-state index contributed by atoms with van der Waals surface area (Å²) in [6.45, 7) is 0.844. The van der Waals surface area contributed by atoms with Crippen molar-refractivity contribution >= 4 is 16.6 Å². The minimum absolute atomic E-state index is 0.197. The monoisotopic (exact) mass is 284 g/mol. The van der Waals surface area contributed by atoms with Gasteiger partial charge < -0.3 is 9.47 Å². The first-order valence-corrected chi connectivity index (χ1v) is 7.49. The Morgan fingerprint density at radius 3 is 2.81 bits per heavy atom. The molecule has 0 aliphatic carbocycles. The van der Waals surface area contributed by atoms with E-state index in [0.29, 0.717) is 6.42 Å². The Kier molecular flexibility index (Phi) is 4.20. The van der Waals surface area contributed by atoms with Gasteiger partial charge >= 0.3 is 0 Å². The van der Waals surface area contributed by atoms with Crippen LogP contribution in [0.5, 0.6) is 5.75 Å². The molecule has 1 fully saturated rings. The molecule has 110 valence electrons. The molecule has 1 atom stereocenters. The van der Waals surface area contributed by atoms with Crippen LogP contribution in [0.25, 0.3) is 10.8 Å². The van der Waals surface area contributed by atoms with E-state index in [4.69, 9.17) is 9.47 Å². The Labute approximate surface area is 124 Å². The van der Waals surface area contributed by atoms with Crippen LogP contribution >= 0.6 is 0 Å². The standard InChI is InChI=1S/C18H20O3/c1-20-17-7-6-13-11-15(5-4-14(13)12-17)18(19)9-8-16-3-2-10-21-16/h4-7,11-12,16H,2-3,8-10H2,1H3. The third kappa shape index (κ3) is 3.24. The molecule has 0 spiro atoms. The second kappa shape index (κ2) is 6.27. The van der Waals surface area contributed by atoms with Crippen LogP contribution in [0.1, 0.15) is 36.0 Å². The molecule has 3 heteroatoms. The molecule has 3 nitrogen and oxygen atoms in total. The van der Waals surface area contributed by atoms with E-state index in [1.807, 2.05) is 36.4 Å². The van der Waals surface area contributed by atoms with E-state index < -0.39 is 0 Å². The molecule has 0 amide bonds. The summed E-state index contributed by atoms with van der Waals surface area (Å²) in [5, 5.41) is 2.16. The van der Waals surface area contributed by atoms with Crippen LogP contribution < -0.4 is 4.74 Å². The number of rotatable bonds is 5. The average Bonchev–Trinajstić information content (AvgIpc) is 3.05. The van der Waals surface area contributed by atoms with Gasteiger partial charge in [-0.25, -0.2) is 0 Å². The number of ether oxygens (including phenoxy) is 2. The van der Waals surface area contributed by atoms with Crippen LogP contribution in [0.15, 0.2) is 36.4 Å². The molecule has 1 saturated heterocycles. The lowest BCUT2D eigenvalue weighted by Gasteiger charge is -2.09. The van der Waals surface area contributed by atoms with Gasteiger partial charge in [0, 0.05) is 18.6 Å². The number of ketones is 1. The van der Waals surface area contributed by atoms with Gasteiger partial charge in [0.1, 0.15) is 5.75 Å². The summed E-state index contributed by atoms with van der Waals surface area (Å²) in [5.41, 5.74) is 0.783. The predicted octanol–water partition coefficient (Wildman–Crippen LogP) is 3.99. The van der Waals surface area contributed by atoms with Gasteiger partial charge in [-0.15, -0.1) is 0 Å². The van der Waals surface area contributed by atoms with Gasteiger partial charge in [0.2, 0.25) is 0 Å². The molecule has 2 aromatic rings. The fraction of sp³-hybridized carbons (Fsp3) is 0.389. The highest BCUT2D eigenvalue weighted by atomic mass is 16.5. The zero-order valence-electron chi connectivity index (χ0n) is 12.3. The molecule has 3 rings (SSSR count). The summed E-state index contributed by atoms with van der Waals surface area (Å²) in [6.07, 6.45) is 3.88. The van der Waals surface area contributed by atoms with Gasteiger partial charge in [0.15, 0.2) is 5.78 Å². The van der Waals surface area contributed by atoms with Crippen LogP contribution in [-0.4, -0.2) is 25.6 Å². The highest BCUT2D eigenvalue weighted by Gasteiger charge is 2.17. The fourth-order valence-electron chi connectivity index (χ4n) is 2.83. The summed E-state index contributed by atoms with van der Waals surface area (Å²) < 4.78 is 10.8. The Morgan fingerprint density at radius 1 is 1.24 bits per heavy atom. The summed E-state index contributed by atoms with van der Waals surface area (Å²) in [6, 6.07) is 11.7. The van der Waals surface area contributed by atoms with Crippen molar-refractivity contribution < 1.29 is 14.3 Å². The van der Waals surface area contributed by atoms with E-state index in [9.17, 15) is 4.79 Å². The molecular weight excluding hydrogens is 264 g/mol. The lowest BCUT2D eigenvalue weighted by Crippen LogP contribution is -2.08. The van der Waals surface area contributed by atoms with E-state index in [1.165, 1.54) is 0 Å². The van der Waals surface area contributed by atoms with E-state index in [-0.39, 0.29) is 11.9 Å². The maximum atomic E-state index is 12.3. The number of hydrogen-bond acceptors (Lipinski definition) is 3. The molecule has 21 heavy (non-hydrogen) atoms. The van der Waals surface area contributed by atoms with Gasteiger partial charge in [-0.05, 0) is 48.2 Å². The number of carbonyl (C=O) groups is 1. The van der Waals surface area contributed by atoms with E-state index in [0.717, 1.165) is 48.0 Å². The highest BCUT2D eigenvalue weighted by molar-refractivity contribution is 6.00. The summed E-state index contributed by atoms with van der Waals surface area (Å²) >= 11 is 0. The minimum atomic E-state index is 0.197. The first kappa shape index (κ1) is 14.1. The van der Waals surface area contributed by atoms with Crippen LogP contribution in [0.2, 0.25) is 0 Å². The highest BCUT2D eigenvalue weighted by Crippen LogP contribution is 2.23. The third-order valence-electron chi connectivity index (χ3n) is 4.09. The van der Waals surface area contributed by atoms with Crippen molar-refractivity contribution in [1.82, 2.24) is 0 Å². The van der Waals surface area contributed by atoms with Crippen molar-refractivity contribution in [3.8, 4) is 5.75 Å². The molecule has 0 bridgehead atoms. The molecular formula is C18H20O3. The third-order valence-corrected chi connectivity index (χ3v) is 4.09. The topological polar surface area (TPSA) is 35.5 Å². The zero-order valence-corrected chi connectivity index (χ0v) is 12.3. The summed E-state index contributed by atoms with van der Waals surface area (Å²) in [7, 11) is 1.66. The first-order chi connectivity index (χ1) is 10.3. The van der Waals surface area contributed by atoms with Crippen molar-refractivity contribution in [3.05, 3.63) is 42.0 Å². The minimum Gasteiger partial charge on any atom is -0.497 e. The van der Waals surface area contributed by atoms with E-state index >= 15 is 0 Å². The lowest BCUT2D eigenvalue weighted by atomic mass is 10.00. The van der Waals surface area contributed by atoms with Gasteiger partial charge in [0.05, 0.1) is 13.2 Å². The fourth-order valence-corrected chi connectivity index (χ4v) is 2.83. The lowest BCUT2D eigenvalue weighted by molar-refractivity contribution is 0.0859. The van der Waals surface area contributed by atoms with Gasteiger partial charge in [-0.2, -0.15) is 0 Å². The maximum absolute atomic E-state index is 12.3. The Balaban J connectivity index is 1.72. The maximum Gasteiger partial charge on any atom is 0.162 e. The second-order valence-corrected chi connectivity index (χ2v) is 5.52. The Hall–Kier alpha value is -1.87. The van der Waals surface area contributed by atoms with Crippen molar-refractivity contribution in [1.29, 1.82) is 0 Å². The number of Topliss-reactive ketones (excluding diaryl/α,β-unsaturated/α-hetero) is 1. The van der Waals surface area contributed by atoms with Gasteiger partial charge in [-0.1, -0.05) is 18.2 Å². The number of benzene rings is 2. The Bertz CT molecular complexity index is 642. The average molecular weight is 284 g/mol. The largest absolute Gasteiger partial charge is 0.497 e. The molecule has 0 radical (unpaired) electrons. The number of carbonyl (C=O) groups excluding carboxylic acids is 1. The summed E-state index contributed by atoms with van der Waals surface area (Å²) in [5.74, 6) is 1.03. The quantitative estimate of drug-likeness (QED) is 0.779. The molecule has 0 aromatic heterocycles. The Morgan fingerprint density at radius 2 is 2.05 bits per heavy atom. The normalized spacial score (nSPS) is 18.0. The SMILES string of the molecule is COc1ccc2cc(C(=O)CCC3CCCO3)ccc2c1. The number of methoxy groups -OCH3 is 1. The molecule has 1 aliphatic heterocycles. The molecule has 1 unspecified atom stereocenters. The van der Waals surface area contributed by atoms with Crippen LogP contribution in [-0.2, 0) is 4.74 Å². The first-order valence-electron chi connectivity index (χ1n) is 7.49. The number of hydrogen-bond donors (Lipinski definition) is 0. The van der Waals surface area contributed by atoms with Crippen LogP contribution in [0, 0.1) is 0 Å². The van der Waals surface area contributed by atoms with Crippen LogP contribution in [0.3, 0.4) is 0 Å². The molecule has 1 heterocycles. The van der Waals surface area contributed by atoms with Gasteiger partial charge in [0.25, 0.3) is 0 Å². The number of fused-ring (bicyclic) bond motifs is 1. The molecule has 0 saturated carbocycles. The van der Waals surface area contributed by atoms with Crippen LogP contribution in [0.4, 0.5) is 0 Å². The van der Waals surface area contributed by atoms with Gasteiger partial charge in [-0.3, -0.25) is 4.79 Å². The smallest absolute Gasteiger partial charge is 0.162 e. The van der Waals surface area contributed by atoms with Crippen molar-refractivity contribution in [2.75, 3.05) is 13.7 Å². The summed E-state index contributed by atoms with van der Waals surface area (Å²) in [4.78, 5) is 12.3. The second-order valence-electron chi connectivity index (χ2n) is 5.52. The van der Waals surface area contributed by atoms with Crippen molar-refractivity contribution in [2.24, 2.45) is 0 Å². The van der Waals surface area contributed by atoms with Crippen molar-refractivity contribution in [3.63, 3.8) is 0 Å². The zero-order chi connectivity index (χ0) is 14.7. The van der Waals surface area contributed by atoms with E-state index in [2.05, 4.69) is 0 Å². The molecule has 1 aliphatic rings. The molecule has 0 N–H and O–H groups in total. The van der Waals surface area contributed by atoms with Crippen molar-refractivity contribution in [2.45, 2.75) is 31.8 Å². The molecule has 2 aromatic carbocycles. The predicted molar refractivity (Wildman–Crippen MR) is 83.0 cm³/mol.